The number of nitrogens with one attached hydrogen (secondary N) is 1. The van der Waals surface area contributed by atoms with E-state index in [9.17, 15) is 14.5 Å². The van der Waals surface area contributed by atoms with Gasteiger partial charge in [0.25, 0.3) is 5.69 Å². The van der Waals surface area contributed by atoms with Gasteiger partial charge in [-0.2, -0.15) is 0 Å². The van der Waals surface area contributed by atoms with Crippen LogP contribution in [0.4, 0.5) is 10.1 Å². The molecule has 0 radical (unpaired) electrons. The molecule has 80 valence electrons. The van der Waals surface area contributed by atoms with Gasteiger partial charge in [-0.05, 0) is 24.6 Å². The van der Waals surface area contributed by atoms with E-state index in [1.165, 1.54) is 18.2 Å². The number of nitrogens with zero attached hydrogens (tertiary/aromatic N) is 1. The van der Waals surface area contributed by atoms with Crippen molar-refractivity contribution in [3.8, 4) is 0 Å². The molecule has 1 saturated heterocycles. The molecule has 2 rings (SSSR count). The van der Waals surface area contributed by atoms with Crippen molar-refractivity contribution in [2.24, 2.45) is 0 Å². The molecule has 1 aromatic carbocycles. The van der Waals surface area contributed by atoms with E-state index in [-0.39, 0.29) is 17.4 Å². The zero-order chi connectivity index (χ0) is 10.8. The van der Waals surface area contributed by atoms with Crippen LogP contribution in [0.5, 0.6) is 0 Å². The number of nitro groups is 1. The van der Waals surface area contributed by atoms with Crippen LogP contribution in [-0.4, -0.2) is 18.0 Å². The first-order valence-electron chi connectivity index (χ1n) is 4.83. The summed E-state index contributed by atoms with van der Waals surface area (Å²) in [4.78, 5) is 10.1. The molecule has 0 aromatic heterocycles. The Morgan fingerprint density at radius 3 is 2.93 bits per heavy atom. The van der Waals surface area contributed by atoms with Crippen molar-refractivity contribution >= 4 is 5.69 Å². The first-order valence-corrected chi connectivity index (χ1v) is 4.83. The van der Waals surface area contributed by atoms with Gasteiger partial charge in [-0.3, -0.25) is 10.1 Å². The highest BCUT2D eigenvalue weighted by atomic mass is 19.1. The first kappa shape index (κ1) is 10.0. The second kappa shape index (κ2) is 3.94. The Balaban J connectivity index is 2.35. The maximum atomic E-state index is 13.4. The lowest BCUT2D eigenvalue weighted by molar-refractivity contribution is -0.385. The molecule has 1 aromatic rings. The zero-order valence-electron chi connectivity index (χ0n) is 8.07. The molecule has 0 saturated carbocycles. The Morgan fingerprint density at radius 2 is 2.33 bits per heavy atom. The molecular formula is C10H11FN2O2. The monoisotopic (exact) mass is 210 g/mol. The minimum absolute atomic E-state index is 0.0432. The fraction of sp³-hybridized carbons (Fsp3) is 0.400. The summed E-state index contributed by atoms with van der Waals surface area (Å²) in [5, 5.41) is 13.7. The quantitative estimate of drug-likeness (QED) is 0.598. The maximum Gasteiger partial charge on any atom is 0.269 e. The molecule has 1 N–H and O–H groups in total. The highest BCUT2D eigenvalue weighted by molar-refractivity contribution is 5.37. The third-order valence-corrected chi connectivity index (χ3v) is 2.69. The summed E-state index contributed by atoms with van der Waals surface area (Å²) in [6, 6.07) is 3.71. The topological polar surface area (TPSA) is 55.2 Å². The second-order valence-corrected chi connectivity index (χ2v) is 3.65. The minimum atomic E-state index is -0.495. The van der Waals surface area contributed by atoms with E-state index in [1.807, 2.05) is 0 Å². The molecule has 1 heterocycles. The average molecular weight is 210 g/mol. The number of benzene rings is 1. The Labute approximate surface area is 86.3 Å². The van der Waals surface area contributed by atoms with Gasteiger partial charge in [0, 0.05) is 24.6 Å². The third-order valence-electron chi connectivity index (χ3n) is 2.69. The van der Waals surface area contributed by atoms with Crippen LogP contribution in [0.2, 0.25) is 0 Å². The number of halogens is 1. The second-order valence-electron chi connectivity index (χ2n) is 3.65. The van der Waals surface area contributed by atoms with E-state index in [1.54, 1.807) is 0 Å². The van der Waals surface area contributed by atoms with Crippen LogP contribution < -0.4 is 5.32 Å². The van der Waals surface area contributed by atoms with Crippen molar-refractivity contribution < 1.29 is 9.31 Å². The molecule has 1 unspecified atom stereocenters. The largest absolute Gasteiger partial charge is 0.316 e. The molecule has 1 fully saturated rings. The summed E-state index contributed by atoms with van der Waals surface area (Å²) >= 11 is 0. The summed E-state index contributed by atoms with van der Waals surface area (Å²) in [6.45, 7) is 1.53. The molecule has 0 bridgehead atoms. The summed E-state index contributed by atoms with van der Waals surface area (Å²) in [6.07, 6.45) is 0.831. The molecule has 15 heavy (non-hydrogen) atoms. The van der Waals surface area contributed by atoms with Crippen LogP contribution in [0.15, 0.2) is 18.2 Å². The maximum absolute atomic E-state index is 13.4. The van der Waals surface area contributed by atoms with Gasteiger partial charge in [0.2, 0.25) is 0 Å². The predicted octanol–water partition coefficient (Wildman–Crippen LogP) is 1.81. The lowest BCUT2D eigenvalue weighted by Gasteiger charge is -2.09. The van der Waals surface area contributed by atoms with Crippen molar-refractivity contribution in [2.45, 2.75) is 12.3 Å². The van der Waals surface area contributed by atoms with Crippen LogP contribution in [-0.2, 0) is 0 Å². The van der Waals surface area contributed by atoms with Crippen molar-refractivity contribution in [3.63, 3.8) is 0 Å². The molecule has 4 nitrogen and oxygen atoms in total. The van der Waals surface area contributed by atoms with Gasteiger partial charge < -0.3 is 5.32 Å². The number of rotatable bonds is 2. The zero-order valence-corrected chi connectivity index (χ0v) is 8.07. The molecule has 0 amide bonds. The van der Waals surface area contributed by atoms with Gasteiger partial charge in [-0.15, -0.1) is 0 Å². The first-order chi connectivity index (χ1) is 7.18. The van der Waals surface area contributed by atoms with Crippen molar-refractivity contribution in [1.29, 1.82) is 0 Å². The number of hydrogen-bond acceptors (Lipinski definition) is 3. The van der Waals surface area contributed by atoms with Gasteiger partial charge in [-0.25, -0.2) is 4.39 Å². The Hall–Kier alpha value is -1.49. The van der Waals surface area contributed by atoms with Crippen LogP contribution in [0.1, 0.15) is 17.9 Å². The SMILES string of the molecule is O=[N+]([O-])c1ccc(F)c(C2CCNC2)c1. The van der Waals surface area contributed by atoms with Gasteiger partial charge in [0.05, 0.1) is 4.92 Å². The molecular weight excluding hydrogens is 199 g/mol. The average Bonchev–Trinajstić information content (AvgIpc) is 2.71. The van der Waals surface area contributed by atoms with Gasteiger partial charge in [0.1, 0.15) is 5.82 Å². The Kier molecular flexibility index (Phi) is 2.64. The highest BCUT2D eigenvalue weighted by Gasteiger charge is 2.22. The number of nitro benzene ring substituents is 1. The lowest BCUT2D eigenvalue weighted by atomic mass is 9.97. The van der Waals surface area contributed by atoms with Crippen LogP contribution >= 0.6 is 0 Å². The molecule has 5 heteroatoms. The van der Waals surface area contributed by atoms with Crippen LogP contribution in [0.25, 0.3) is 0 Å². The summed E-state index contributed by atoms with van der Waals surface area (Å²) < 4.78 is 13.4. The fourth-order valence-electron chi connectivity index (χ4n) is 1.88. The molecule has 1 aliphatic rings. The molecule has 0 spiro atoms. The number of hydrogen-bond donors (Lipinski definition) is 1. The van der Waals surface area contributed by atoms with E-state index < -0.39 is 4.92 Å². The van der Waals surface area contributed by atoms with Crippen LogP contribution in [0, 0.1) is 15.9 Å². The van der Waals surface area contributed by atoms with E-state index in [0.717, 1.165) is 13.0 Å². The predicted molar refractivity (Wildman–Crippen MR) is 53.3 cm³/mol. The fourth-order valence-corrected chi connectivity index (χ4v) is 1.88. The number of non-ortho nitro benzene ring substituents is 1. The summed E-state index contributed by atoms with van der Waals surface area (Å²) in [7, 11) is 0. The Bertz CT molecular complexity index is 389. The van der Waals surface area contributed by atoms with E-state index in [4.69, 9.17) is 0 Å². The molecule has 0 aliphatic carbocycles. The van der Waals surface area contributed by atoms with Crippen LogP contribution in [0.3, 0.4) is 0 Å². The summed E-state index contributed by atoms with van der Waals surface area (Å²) in [5.41, 5.74) is 0.410. The highest BCUT2D eigenvalue weighted by Crippen LogP contribution is 2.27. The third kappa shape index (κ3) is 1.97. The summed E-state index contributed by atoms with van der Waals surface area (Å²) in [5.74, 6) is -0.292. The van der Waals surface area contributed by atoms with E-state index in [2.05, 4.69) is 5.32 Å². The van der Waals surface area contributed by atoms with Crippen molar-refractivity contribution in [2.75, 3.05) is 13.1 Å². The minimum Gasteiger partial charge on any atom is -0.316 e. The van der Waals surface area contributed by atoms with Crippen molar-refractivity contribution in [3.05, 3.63) is 39.7 Å². The van der Waals surface area contributed by atoms with E-state index >= 15 is 0 Å². The molecule has 1 aliphatic heterocycles. The van der Waals surface area contributed by atoms with Gasteiger partial charge in [-0.1, -0.05) is 0 Å². The Morgan fingerprint density at radius 1 is 1.53 bits per heavy atom. The standard InChI is InChI=1S/C10H11FN2O2/c11-10-2-1-8(13(14)15)5-9(10)7-3-4-12-6-7/h1-2,5,7,12H,3-4,6H2. The van der Waals surface area contributed by atoms with Gasteiger partial charge >= 0.3 is 0 Å². The van der Waals surface area contributed by atoms with Crippen molar-refractivity contribution in [1.82, 2.24) is 5.32 Å². The van der Waals surface area contributed by atoms with Gasteiger partial charge in [0.15, 0.2) is 0 Å². The normalized spacial score (nSPS) is 20.5. The van der Waals surface area contributed by atoms with E-state index in [0.29, 0.717) is 12.1 Å². The molecule has 1 atom stereocenters. The lowest BCUT2D eigenvalue weighted by Crippen LogP contribution is -2.09. The smallest absolute Gasteiger partial charge is 0.269 e.